The molecule has 0 aromatic heterocycles. The lowest BCUT2D eigenvalue weighted by atomic mass is 9.33. The summed E-state index contributed by atoms with van der Waals surface area (Å²) in [7, 11) is -2.69. The number of ether oxygens (including phenoxy) is 18. The third kappa shape index (κ3) is 21.0. The molecular weight excluding hydrogens is 1790 g/mol. The van der Waals surface area contributed by atoms with Gasteiger partial charge in [0.15, 0.2) is 59.7 Å². The van der Waals surface area contributed by atoms with E-state index in [1.165, 1.54) is 11.9 Å². The predicted octanol–water partition coefficient (Wildman–Crippen LogP) is 21.4. The fraction of sp³-hybridized carbons (Fsp3) is 0.791. The number of ketones is 1. The van der Waals surface area contributed by atoms with E-state index in [9.17, 15) is 10.3 Å². The smallest absolute Gasteiger partial charge is 0.317 e. The Labute approximate surface area is 825 Å². The third-order valence-corrected chi connectivity index (χ3v) is 47.0. The first kappa shape index (κ1) is 107. The SMILES string of the molecule is CC[Si](CC)(CC)OCC1O[C@@H](OC2[C@H](O[C@H]3CCC4(C)C5CC=C6C7CC(C)(C)CC[C@]7(C(=O)O[C@@H]7OC(COCc8ccccc8)[C@H](N=[N+]=[N-])C(C)C7O[C@@H]7OC(C)[C@H](O[C@@H]8OC[C@@H](OCc9ccccc9)C(OCc9ccccc9)C8C)C8OC(C)(C)OC87)C(OC)C[C@@]6(C)[C@@]5(C)CC[C@H]4[C@@]3(C)C=O)OC(C(C)=O)[C@@H](C)[C@@H]2O[C@@H]2OC[C@@H](C)[C@@H](C)C2C)C(O[Si](CC)(CC)CC)[C@@H](C)[C@@H]1C. The van der Waals surface area contributed by atoms with Gasteiger partial charge in [0.25, 0.3) is 0 Å². The molecule has 0 radical (unpaired) electrons. The Balaban J connectivity index is 0.723. The van der Waals surface area contributed by atoms with E-state index in [1.54, 1.807) is 14.0 Å². The standard InChI is InChI=1S/C110H169N3O23Si2/c1-26-137(27-2,28-3)123-63-80-67(9)68(10)92(136-138(29-4,30-5)31-6)100(125-80)132-95-90(129-97-69(11)66(8)65(7)57-121-97)71(13)88(73(15)115)128-101(95)127-85-50-51-106(21)83(107(85,22)64-114)49-52-108(23)84(106)48-47-78-79-55-104(17,18)53-54-110(79,86(117-25)56-109(78,108)24)103(116)133-99-91(70(12)87(112-113-111)81(126-99)61-118-58-75-41-35-32-36-42-75)130-102-96-94(134-105(19,20)135-96)93(74(16)124-102)131-98-72(14)89(120-60-77-45-39-34-40-46-77)82(62-122-98)119-59-76-43-37-33-38-44-76/h32-47,64-72,74,79-102H,26-31,48-63H2,1-25H3/t65-,66-,67+,68+,69?,70?,71-,72?,74?,79?,80?,81?,82-,83-,84?,85+,86?,87-,88?,89?,90+,91?,92?,93+,94?,95?,96?,97+,98+,99+,100+,101-,102+,106?,107-,108+,109-,110-/m1/s1. The second-order valence-electron chi connectivity index (χ2n) is 46.1. The minimum absolute atomic E-state index is 0.00747. The second-order valence-corrected chi connectivity index (χ2v) is 55.6. The number of hydrogen-bond acceptors (Lipinski definition) is 24. The van der Waals surface area contributed by atoms with Gasteiger partial charge < -0.3 is 98.9 Å². The zero-order valence-corrected chi connectivity index (χ0v) is 89.7. The number of esters is 1. The highest BCUT2D eigenvalue weighted by Gasteiger charge is 2.74. The van der Waals surface area contributed by atoms with Crippen LogP contribution in [0, 0.1) is 97.6 Å². The van der Waals surface area contributed by atoms with Gasteiger partial charge in [-0.25, -0.2) is 0 Å². The third-order valence-electron chi connectivity index (χ3n) is 37.7. The van der Waals surface area contributed by atoms with Crippen LogP contribution in [0.2, 0.25) is 36.3 Å². The van der Waals surface area contributed by atoms with Gasteiger partial charge in [0.2, 0.25) is 6.29 Å². The number of fused-ring (bicyclic) bond motifs is 8. The molecule has 5 aliphatic carbocycles. The molecule has 26 nitrogen and oxygen atoms in total. The lowest BCUT2D eigenvalue weighted by Gasteiger charge is -2.71. The summed E-state index contributed by atoms with van der Waals surface area (Å²) >= 11 is 0. The van der Waals surface area contributed by atoms with Crippen molar-refractivity contribution < 1.29 is 108 Å². The van der Waals surface area contributed by atoms with Gasteiger partial charge in [-0.1, -0.05) is 246 Å². The molecule has 7 aliphatic heterocycles. The molecule has 38 atom stereocenters. The van der Waals surface area contributed by atoms with Crippen molar-refractivity contribution in [3.8, 4) is 0 Å². The van der Waals surface area contributed by atoms with Crippen molar-refractivity contribution in [2.75, 3.05) is 33.5 Å². The van der Waals surface area contributed by atoms with Crippen molar-refractivity contribution in [2.45, 2.75) is 421 Å². The maximum absolute atomic E-state index is 17.1. The fourth-order valence-corrected chi connectivity index (χ4v) is 33.2. The fourth-order valence-electron chi connectivity index (χ4n) is 27.6. The normalized spacial score (nSPS) is 42.8. The Morgan fingerprint density at radius 3 is 1.74 bits per heavy atom. The largest absolute Gasteiger partial charge is 0.432 e. The summed E-state index contributed by atoms with van der Waals surface area (Å²) in [4.78, 5) is 50.1. The molecule has 4 saturated carbocycles. The van der Waals surface area contributed by atoms with E-state index in [1.807, 2.05) is 126 Å². The Bertz CT molecular complexity index is 4570. The van der Waals surface area contributed by atoms with E-state index in [4.69, 9.17) is 94.1 Å². The average Bonchev–Trinajstić information content (AvgIpc) is 0.745. The van der Waals surface area contributed by atoms with Crippen LogP contribution in [0.4, 0.5) is 0 Å². The monoisotopic (exact) mass is 1960 g/mol. The Kier molecular flexibility index (Phi) is 34.3. The van der Waals surface area contributed by atoms with E-state index < -0.39 is 191 Å². The van der Waals surface area contributed by atoms with Crippen LogP contribution < -0.4 is 0 Å². The first-order valence-electron chi connectivity index (χ1n) is 52.9. The number of azide groups is 1. The van der Waals surface area contributed by atoms with Gasteiger partial charge >= 0.3 is 5.97 Å². The number of carbonyl (C=O) groups excluding carboxylic acids is 3. The summed E-state index contributed by atoms with van der Waals surface area (Å²) in [6, 6.07) is 34.9. The van der Waals surface area contributed by atoms with Crippen LogP contribution >= 0.6 is 0 Å². The van der Waals surface area contributed by atoms with Crippen LogP contribution in [0.3, 0.4) is 0 Å². The summed E-state index contributed by atoms with van der Waals surface area (Å²) in [6.45, 7) is 54.2. The minimum atomic E-state index is -2.36. The van der Waals surface area contributed by atoms with Gasteiger partial charge in [0.05, 0.1) is 107 Å². The van der Waals surface area contributed by atoms with E-state index in [-0.39, 0.29) is 89.9 Å². The van der Waals surface area contributed by atoms with Crippen molar-refractivity contribution in [1.29, 1.82) is 0 Å². The van der Waals surface area contributed by atoms with E-state index >= 15 is 9.59 Å². The van der Waals surface area contributed by atoms with Gasteiger partial charge in [0.1, 0.15) is 54.4 Å². The van der Waals surface area contributed by atoms with Crippen molar-refractivity contribution in [3.63, 3.8) is 0 Å². The lowest BCUT2D eigenvalue weighted by Crippen LogP contribution is -2.69. The number of carbonyl (C=O) groups is 3. The van der Waals surface area contributed by atoms with Crippen LogP contribution in [-0.4, -0.2) is 209 Å². The number of Topliss-reactive ketones (excluding diaryl/α,β-unsaturated/α-hetero) is 1. The highest BCUT2D eigenvalue weighted by atomic mass is 28.4. The van der Waals surface area contributed by atoms with Gasteiger partial charge in [-0.2, -0.15) is 0 Å². The second kappa shape index (κ2) is 44.1. The molecule has 0 bridgehead atoms. The molecule has 0 spiro atoms. The number of nitrogens with zero attached hydrogens (tertiary/aromatic N) is 3. The summed E-state index contributed by atoms with van der Waals surface area (Å²) < 4.78 is 143. The van der Waals surface area contributed by atoms with Crippen molar-refractivity contribution in [2.24, 2.45) is 103 Å². The number of hydrogen-bond donors (Lipinski definition) is 0. The predicted molar refractivity (Wildman–Crippen MR) is 528 cm³/mol. The maximum atomic E-state index is 17.1. The molecule has 770 valence electrons. The number of methoxy groups -OCH3 is 1. The van der Waals surface area contributed by atoms with Gasteiger partial charge in [-0.3, -0.25) is 9.59 Å². The maximum Gasteiger partial charge on any atom is 0.317 e. The van der Waals surface area contributed by atoms with Crippen molar-refractivity contribution in [1.82, 2.24) is 0 Å². The van der Waals surface area contributed by atoms with Gasteiger partial charge in [0, 0.05) is 29.8 Å². The number of allylic oxidation sites excluding steroid dienone is 2. The molecule has 17 unspecified atom stereocenters. The quantitative estimate of drug-likeness (QED) is 0.00757. The average molecular weight is 1960 g/mol. The molecule has 138 heavy (non-hydrogen) atoms. The Hall–Kier alpha value is -4.81. The van der Waals surface area contributed by atoms with Crippen molar-refractivity contribution in [3.05, 3.63) is 130 Å². The van der Waals surface area contributed by atoms with Gasteiger partial charge in [-0.15, -0.1) is 0 Å². The molecule has 7 saturated heterocycles. The topological polar surface area (TPSA) is 285 Å². The highest BCUT2D eigenvalue weighted by molar-refractivity contribution is 6.74. The molecule has 0 amide bonds. The molecule has 7 heterocycles. The molecule has 3 aromatic carbocycles. The van der Waals surface area contributed by atoms with Crippen molar-refractivity contribution >= 4 is 34.7 Å². The zero-order chi connectivity index (χ0) is 99.2. The molecule has 11 fully saturated rings. The minimum Gasteiger partial charge on any atom is -0.432 e. The van der Waals surface area contributed by atoms with E-state index in [0.29, 0.717) is 77.3 Å². The zero-order valence-electron chi connectivity index (χ0n) is 87.7. The molecule has 28 heteroatoms. The first-order valence-corrected chi connectivity index (χ1v) is 58.0. The van der Waals surface area contributed by atoms with E-state index in [0.717, 1.165) is 65.8 Å². The highest BCUT2D eigenvalue weighted by Crippen LogP contribution is 2.77. The molecule has 15 rings (SSSR count). The lowest BCUT2D eigenvalue weighted by molar-refractivity contribution is -0.377. The molecule has 3 aromatic rings. The van der Waals surface area contributed by atoms with Crippen LogP contribution in [0.15, 0.2) is 108 Å². The number of benzene rings is 3. The number of rotatable bonds is 37. The molecule has 0 N–H and O–H groups in total. The summed E-state index contributed by atoms with van der Waals surface area (Å²) in [5.74, 6) is -3.18. The summed E-state index contributed by atoms with van der Waals surface area (Å²) in [6.07, 6.45) is -7.58. The summed E-state index contributed by atoms with van der Waals surface area (Å²) in [5.41, 5.74) is 11.0. The van der Waals surface area contributed by atoms with Crippen LogP contribution in [0.5, 0.6) is 0 Å². The molecular formula is C110H169N3O23Si2. The number of aldehydes is 1. The van der Waals surface area contributed by atoms with Gasteiger partial charge in [-0.05, 0) is 213 Å². The Morgan fingerprint density at radius 1 is 0.529 bits per heavy atom. The molecule has 12 aliphatic rings. The van der Waals surface area contributed by atoms with Crippen LogP contribution in [0.25, 0.3) is 10.4 Å². The van der Waals surface area contributed by atoms with Crippen LogP contribution in [0.1, 0.15) is 241 Å². The Morgan fingerprint density at radius 2 is 1.12 bits per heavy atom. The van der Waals surface area contributed by atoms with E-state index in [2.05, 4.69) is 141 Å². The summed E-state index contributed by atoms with van der Waals surface area (Å²) in [5, 5.41) is 4.45. The van der Waals surface area contributed by atoms with Crippen LogP contribution in [-0.2, 0) is 128 Å². The first-order chi connectivity index (χ1) is 65.7.